The zero-order chi connectivity index (χ0) is 10.7. The summed E-state index contributed by atoms with van der Waals surface area (Å²) in [6.07, 6.45) is 4.30. The lowest BCUT2D eigenvalue weighted by Gasteiger charge is -2.04. The Hall–Kier alpha value is -0.990. The molecule has 0 aliphatic heterocycles. The second kappa shape index (κ2) is 4.69. The standard InChI is InChI=1S/C12H15ClN2/c13-11-4-3-10-5-8-15(12(10)9-11)7-2-1-6-14/h3-5,8-9H,1-2,6-7,14H2. The quantitative estimate of drug-likeness (QED) is 0.793. The number of benzene rings is 1. The molecule has 0 unspecified atom stereocenters. The highest BCUT2D eigenvalue weighted by Gasteiger charge is 2.00. The third-order valence-electron chi connectivity index (χ3n) is 2.59. The van der Waals surface area contributed by atoms with Crippen LogP contribution in [0.5, 0.6) is 0 Å². The summed E-state index contributed by atoms with van der Waals surface area (Å²) in [4.78, 5) is 0. The molecule has 0 aliphatic rings. The average molecular weight is 223 g/mol. The van der Waals surface area contributed by atoms with Gasteiger partial charge in [-0.3, -0.25) is 0 Å². The summed E-state index contributed by atoms with van der Waals surface area (Å²) in [6, 6.07) is 8.11. The van der Waals surface area contributed by atoms with Crippen molar-refractivity contribution in [1.82, 2.24) is 4.57 Å². The highest BCUT2D eigenvalue weighted by Crippen LogP contribution is 2.20. The molecule has 0 aliphatic carbocycles. The highest BCUT2D eigenvalue weighted by atomic mass is 35.5. The van der Waals surface area contributed by atoms with E-state index in [1.165, 1.54) is 10.9 Å². The minimum atomic E-state index is 0.764. The number of fused-ring (bicyclic) bond motifs is 1. The fraction of sp³-hybridized carbons (Fsp3) is 0.333. The molecule has 0 radical (unpaired) electrons. The Labute approximate surface area is 94.6 Å². The number of nitrogens with zero attached hydrogens (tertiary/aromatic N) is 1. The van der Waals surface area contributed by atoms with Crippen molar-refractivity contribution in [2.45, 2.75) is 19.4 Å². The molecule has 1 heterocycles. The fourth-order valence-electron chi connectivity index (χ4n) is 1.78. The van der Waals surface area contributed by atoms with Gasteiger partial charge < -0.3 is 10.3 Å². The van der Waals surface area contributed by atoms with Gasteiger partial charge in [0.1, 0.15) is 0 Å². The normalized spacial score (nSPS) is 11.1. The first-order valence-corrected chi connectivity index (χ1v) is 5.63. The highest BCUT2D eigenvalue weighted by molar-refractivity contribution is 6.31. The van der Waals surface area contributed by atoms with Gasteiger partial charge in [-0.15, -0.1) is 0 Å². The molecule has 0 saturated heterocycles. The smallest absolute Gasteiger partial charge is 0.0495 e. The number of aromatic nitrogens is 1. The first-order chi connectivity index (χ1) is 7.31. The van der Waals surface area contributed by atoms with E-state index in [1.54, 1.807) is 0 Å². The zero-order valence-corrected chi connectivity index (χ0v) is 9.37. The maximum Gasteiger partial charge on any atom is 0.0495 e. The van der Waals surface area contributed by atoms with E-state index < -0.39 is 0 Å². The summed E-state index contributed by atoms with van der Waals surface area (Å²) < 4.78 is 2.23. The minimum Gasteiger partial charge on any atom is -0.347 e. The van der Waals surface area contributed by atoms with Gasteiger partial charge in [0.2, 0.25) is 0 Å². The number of halogens is 1. The number of hydrogen-bond donors (Lipinski definition) is 1. The molecular weight excluding hydrogens is 208 g/mol. The predicted octanol–water partition coefficient (Wildman–Crippen LogP) is 3.03. The van der Waals surface area contributed by atoms with Crippen LogP contribution in [0.25, 0.3) is 10.9 Å². The van der Waals surface area contributed by atoms with Crippen molar-refractivity contribution in [2.24, 2.45) is 5.73 Å². The van der Waals surface area contributed by atoms with Crippen LogP contribution in [-0.2, 0) is 6.54 Å². The predicted molar refractivity (Wildman–Crippen MR) is 65.2 cm³/mol. The van der Waals surface area contributed by atoms with E-state index in [1.807, 2.05) is 12.1 Å². The number of nitrogens with two attached hydrogens (primary N) is 1. The van der Waals surface area contributed by atoms with Crippen LogP contribution in [0.15, 0.2) is 30.5 Å². The van der Waals surface area contributed by atoms with Crippen molar-refractivity contribution >= 4 is 22.5 Å². The maximum atomic E-state index is 5.98. The second-order valence-corrected chi connectivity index (χ2v) is 4.14. The summed E-state index contributed by atoms with van der Waals surface area (Å²) in [7, 11) is 0. The van der Waals surface area contributed by atoms with Crippen molar-refractivity contribution in [3.63, 3.8) is 0 Å². The van der Waals surface area contributed by atoms with Crippen LogP contribution < -0.4 is 5.73 Å². The summed E-state index contributed by atoms with van der Waals surface area (Å²) >= 11 is 5.98. The van der Waals surface area contributed by atoms with Gasteiger partial charge in [-0.2, -0.15) is 0 Å². The van der Waals surface area contributed by atoms with Crippen molar-refractivity contribution in [2.75, 3.05) is 6.54 Å². The summed E-state index contributed by atoms with van der Waals surface area (Å²) in [5.74, 6) is 0. The lowest BCUT2D eigenvalue weighted by atomic mass is 10.2. The first kappa shape index (κ1) is 10.5. The Morgan fingerprint density at radius 2 is 2.07 bits per heavy atom. The number of rotatable bonds is 4. The van der Waals surface area contributed by atoms with Crippen LogP contribution in [0, 0.1) is 0 Å². The molecule has 0 atom stereocenters. The van der Waals surface area contributed by atoms with Gasteiger partial charge in [0, 0.05) is 23.3 Å². The molecule has 80 valence electrons. The van der Waals surface area contributed by atoms with E-state index in [9.17, 15) is 0 Å². The van der Waals surface area contributed by atoms with Crippen LogP contribution in [0.2, 0.25) is 5.02 Å². The average Bonchev–Trinajstić information content (AvgIpc) is 2.62. The summed E-state index contributed by atoms with van der Waals surface area (Å²) in [5.41, 5.74) is 6.68. The molecule has 0 spiro atoms. The van der Waals surface area contributed by atoms with Gasteiger partial charge >= 0.3 is 0 Å². The first-order valence-electron chi connectivity index (χ1n) is 5.26. The number of hydrogen-bond acceptors (Lipinski definition) is 1. The van der Waals surface area contributed by atoms with Crippen molar-refractivity contribution in [3.8, 4) is 0 Å². The van der Waals surface area contributed by atoms with E-state index >= 15 is 0 Å². The fourth-order valence-corrected chi connectivity index (χ4v) is 1.94. The molecule has 2 aromatic rings. The van der Waals surface area contributed by atoms with Crippen LogP contribution in [0.4, 0.5) is 0 Å². The van der Waals surface area contributed by atoms with E-state index in [4.69, 9.17) is 17.3 Å². The SMILES string of the molecule is NCCCCn1ccc2ccc(Cl)cc21. The van der Waals surface area contributed by atoms with Crippen molar-refractivity contribution < 1.29 is 0 Å². The van der Waals surface area contributed by atoms with E-state index in [-0.39, 0.29) is 0 Å². The Kier molecular flexibility index (Phi) is 3.29. The number of aryl methyl sites for hydroxylation is 1. The Bertz CT molecular complexity index is 448. The lowest BCUT2D eigenvalue weighted by Crippen LogP contribution is -2.02. The lowest BCUT2D eigenvalue weighted by molar-refractivity contribution is 0.630. The van der Waals surface area contributed by atoms with E-state index in [2.05, 4.69) is 22.9 Å². The molecule has 2 nitrogen and oxygen atoms in total. The Morgan fingerprint density at radius 1 is 1.20 bits per heavy atom. The van der Waals surface area contributed by atoms with Crippen LogP contribution in [0.1, 0.15) is 12.8 Å². The molecule has 0 amide bonds. The Morgan fingerprint density at radius 3 is 2.87 bits per heavy atom. The molecule has 3 heteroatoms. The van der Waals surface area contributed by atoms with Gasteiger partial charge in [0.15, 0.2) is 0 Å². The monoisotopic (exact) mass is 222 g/mol. The van der Waals surface area contributed by atoms with Gasteiger partial charge in [-0.1, -0.05) is 17.7 Å². The second-order valence-electron chi connectivity index (χ2n) is 3.71. The third kappa shape index (κ3) is 2.33. The number of unbranched alkanes of at least 4 members (excludes halogenated alkanes) is 1. The van der Waals surface area contributed by atoms with Crippen LogP contribution in [-0.4, -0.2) is 11.1 Å². The topological polar surface area (TPSA) is 30.9 Å². The van der Waals surface area contributed by atoms with Gasteiger partial charge in [0.05, 0.1) is 0 Å². The zero-order valence-electron chi connectivity index (χ0n) is 8.62. The summed E-state index contributed by atoms with van der Waals surface area (Å²) in [5, 5.41) is 2.04. The molecule has 0 fully saturated rings. The molecule has 0 saturated carbocycles. The summed E-state index contributed by atoms with van der Waals surface area (Å²) in [6.45, 7) is 1.78. The molecule has 1 aromatic carbocycles. The van der Waals surface area contributed by atoms with E-state index in [0.29, 0.717) is 0 Å². The van der Waals surface area contributed by atoms with Crippen LogP contribution >= 0.6 is 11.6 Å². The maximum absolute atomic E-state index is 5.98. The Balaban J connectivity index is 2.23. The van der Waals surface area contributed by atoms with Crippen molar-refractivity contribution in [3.05, 3.63) is 35.5 Å². The molecule has 0 bridgehead atoms. The van der Waals surface area contributed by atoms with E-state index in [0.717, 1.165) is 31.0 Å². The molecular formula is C12H15ClN2. The molecule has 2 rings (SSSR count). The largest absolute Gasteiger partial charge is 0.347 e. The van der Waals surface area contributed by atoms with Crippen molar-refractivity contribution in [1.29, 1.82) is 0 Å². The molecule has 1 aromatic heterocycles. The van der Waals surface area contributed by atoms with Gasteiger partial charge in [0.25, 0.3) is 0 Å². The third-order valence-corrected chi connectivity index (χ3v) is 2.82. The van der Waals surface area contributed by atoms with Gasteiger partial charge in [-0.05, 0) is 43.0 Å². The molecule has 15 heavy (non-hydrogen) atoms. The molecule has 2 N–H and O–H groups in total. The van der Waals surface area contributed by atoms with Crippen LogP contribution in [0.3, 0.4) is 0 Å². The van der Waals surface area contributed by atoms with Gasteiger partial charge in [-0.25, -0.2) is 0 Å². The minimum absolute atomic E-state index is 0.764.